The van der Waals surface area contributed by atoms with Gasteiger partial charge in [0, 0.05) is 17.3 Å². The highest BCUT2D eigenvalue weighted by atomic mass is 32.2. The maximum Gasteiger partial charge on any atom is 0.316 e. The SMILES string of the molecule is Cc1ccc2nc(COC(=O)CSc3cc(F)ccc3F)cn2c1. The summed E-state index contributed by atoms with van der Waals surface area (Å²) in [6, 6.07) is 6.94. The van der Waals surface area contributed by atoms with Crippen LogP contribution in [-0.4, -0.2) is 21.1 Å². The van der Waals surface area contributed by atoms with Crippen molar-refractivity contribution in [2.24, 2.45) is 0 Å². The Balaban J connectivity index is 1.55. The van der Waals surface area contributed by atoms with E-state index in [2.05, 4.69) is 4.98 Å². The molecule has 0 radical (unpaired) electrons. The molecule has 0 saturated carbocycles. The Morgan fingerprint density at radius 3 is 2.92 bits per heavy atom. The predicted octanol–water partition coefficient (Wildman–Crippen LogP) is 3.76. The van der Waals surface area contributed by atoms with Crippen LogP contribution in [0.5, 0.6) is 0 Å². The van der Waals surface area contributed by atoms with Gasteiger partial charge in [-0.15, -0.1) is 11.8 Å². The van der Waals surface area contributed by atoms with Gasteiger partial charge in [0.2, 0.25) is 0 Å². The van der Waals surface area contributed by atoms with Crippen molar-refractivity contribution in [3.8, 4) is 0 Å². The molecule has 4 nitrogen and oxygen atoms in total. The predicted molar refractivity (Wildman–Crippen MR) is 86.8 cm³/mol. The summed E-state index contributed by atoms with van der Waals surface area (Å²) in [6.07, 6.45) is 3.71. The summed E-state index contributed by atoms with van der Waals surface area (Å²) in [7, 11) is 0. The number of thioether (sulfide) groups is 1. The lowest BCUT2D eigenvalue weighted by Crippen LogP contribution is -2.07. The van der Waals surface area contributed by atoms with Gasteiger partial charge in [0.25, 0.3) is 0 Å². The number of halogens is 2. The lowest BCUT2D eigenvalue weighted by Gasteiger charge is -2.04. The van der Waals surface area contributed by atoms with E-state index in [-0.39, 0.29) is 17.3 Å². The second-order valence-corrected chi connectivity index (χ2v) is 6.25. The quantitative estimate of drug-likeness (QED) is 0.520. The summed E-state index contributed by atoms with van der Waals surface area (Å²) in [5, 5.41) is 0. The Labute approximate surface area is 141 Å². The summed E-state index contributed by atoms with van der Waals surface area (Å²) in [5.41, 5.74) is 2.48. The fourth-order valence-electron chi connectivity index (χ4n) is 2.15. The minimum Gasteiger partial charge on any atom is -0.458 e. The average molecular weight is 348 g/mol. The van der Waals surface area contributed by atoms with Crippen molar-refractivity contribution in [3.05, 3.63) is 65.6 Å². The summed E-state index contributed by atoms with van der Waals surface area (Å²) in [6.45, 7) is 2.01. The zero-order valence-electron chi connectivity index (χ0n) is 12.8. The third-order valence-electron chi connectivity index (χ3n) is 3.27. The van der Waals surface area contributed by atoms with Crippen molar-refractivity contribution in [3.63, 3.8) is 0 Å². The number of aromatic nitrogens is 2. The average Bonchev–Trinajstić information content (AvgIpc) is 2.95. The number of imidazole rings is 1. The second kappa shape index (κ2) is 7.00. The number of ether oxygens (including phenoxy) is 1. The van der Waals surface area contributed by atoms with Gasteiger partial charge in [0.15, 0.2) is 0 Å². The summed E-state index contributed by atoms with van der Waals surface area (Å²) < 4.78 is 33.5. The van der Waals surface area contributed by atoms with Gasteiger partial charge >= 0.3 is 5.97 Å². The number of pyridine rings is 1. The van der Waals surface area contributed by atoms with Gasteiger partial charge < -0.3 is 9.14 Å². The van der Waals surface area contributed by atoms with E-state index in [0.29, 0.717) is 5.69 Å². The molecule has 0 aliphatic heterocycles. The van der Waals surface area contributed by atoms with Crippen LogP contribution in [0.15, 0.2) is 47.6 Å². The van der Waals surface area contributed by atoms with Crippen LogP contribution >= 0.6 is 11.8 Å². The van der Waals surface area contributed by atoms with Gasteiger partial charge in [-0.05, 0) is 36.8 Å². The molecule has 0 aliphatic rings. The molecular weight excluding hydrogens is 334 g/mol. The smallest absolute Gasteiger partial charge is 0.316 e. The molecule has 24 heavy (non-hydrogen) atoms. The topological polar surface area (TPSA) is 43.6 Å². The minimum absolute atomic E-state index is 0.0335. The summed E-state index contributed by atoms with van der Waals surface area (Å²) >= 11 is 0.896. The van der Waals surface area contributed by atoms with Gasteiger partial charge in [0.1, 0.15) is 23.9 Å². The van der Waals surface area contributed by atoms with E-state index >= 15 is 0 Å². The third kappa shape index (κ3) is 3.91. The highest BCUT2D eigenvalue weighted by Gasteiger charge is 2.10. The van der Waals surface area contributed by atoms with Crippen molar-refractivity contribution in [2.45, 2.75) is 18.4 Å². The van der Waals surface area contributed by atoms with Crippen LogP contribution < -0.4 is 0 Å². The molecule has 0 atom stereocenters. The van der Waals surface area contributed by atoms with E-state index in [0.717, 1.165) is 41.2 Å². The molecule has 0 N–H and O–H groups in total. The van der Waals surface area contributed by atoms with E-state index in [9.17, 15) is 13.6 Å². The van der Waals surface area contributed by atoms with Gasteiger partial charge in [-0.25, -0.2) is 13.8 Å². The lowest BCUT2D eigenvalue weighted by atomic mass is 10.3. The first-order valence-electron chi connectivity index (χ1n) is 7.19. The van der Waals surface area contributed by atoms with Crippen LogP contribution in [0, 0.1) is 18.6 Å². The Morgan fingerprint density at radius 2 is 2.08 bits per heavy atom. The van der Waals surface area contributed by atoms with Gasteiger partial charge in [-0.1, -0.05) is 6.07 Å². The van der Waals surface area contributed by atoms with Crippen LogP contribution in [0.25, 0.3) is 5.65 Å². The Morgan fingerprint density at radius 1 is 1.25 bits per heavy atom. The number of carbonyl (C=O) groups excluding carboxylic acids is 1. The first-order valence-corrected chi connectivity index (χ1v) is 8.17. The second-order valence-electron chi connectivity index (χ2n) is 5.23. The van der Waals surface area contributed by atoms with Crippen molar-refractivity contribution in [1.82, 2.24) is 9.38 Å². The molecule has 3 aromatic rings. The molecule has 124 valence electrons. The Kier molecular flexibility index (Phi) is 4.80. The number of nitrogens with zero attached hydrogens (tertiary/aromatic N) is 2. The number of rotatable bonds is 5. The molecule has 7 heteroatoms. The zero-order valence-corrected chi connectivity index (χ0v) is 13.6. The molecule has 0 saturated heterocycles. The molecule has 2 aromatic heterocycles. The summed E-state index contributed by atoms with van der Waals surface area (Å²) in [4.78, 5) is 16.2. The van der Waals surface area contributed by atoms with Crippen molar-refractivity contribution in [2.75, 3.05) is 5.75 Å². The molecule has 0 fully saturated rings. The molecular formula is C17H14F2N2O2S. The molecule has 0 bridgehead atoms. The van der Waals surface area contributed by atoms with E-state index < -0.39 is 17.6 Å². The standard InChI is InChI=1S/C17H14F2N2O2S/c1-11-2-5-16-20-13(8-21(16)7-11)9-23-17(22)10-24-15-6-12(18)3-4-14(15)19/h2-8H,9-10H2,1H3. The molecule has 0 aliphatic carbocycles. The number of hydrogen-bond acceptors (Lipinski definition) is 4. The van der Waals surface area contributed by atoms with Crippen LogP contribution in [0.2, 0.25) is 0 Å². The van der Waals surface area contributed by atoms with Crippen molar-refractivity contribution in [1.29, 1.82) is 0 Å². The number of benzene rings is 1. The molecule has 2 heterocycles. The first-order chi connectivity index (χ1) is 11.5. The highest BCUT2D eigenvalue weighted by Crippen LogP contribution is 2.22. The van der Waals surface area contributed by atoms with Crippen LogP contribution in [0.3, 0.4) is 0 Å². The number of hydrogen-bond donors (Lipinski definition) is 0. The number of aryl methyl sites for hydroxylation is 1. The maximum atomic E-state index is 13.5. The molecule has 0 amide bonds. The number of fused-ring (bicyclic) bond motifs is 1. The van der Waals surface area contributed by atoms with E-state index in [1.807, 2.05) is 29.7 Å². The highest BCUT2D eigenvalue weighted by molar-refractivity contribution is 8.00. The minimum atomic E-state index is -0.565. The Hall–Kier alpha value is -2.41. The molecule has 0 unspecified atom stereocenters. The maximum absolute atomic E-state index is 13.5. The number of carbonyl (C=O) groups is 1. The van der Waals surface area contributed by atoms with Gasteiger partial charge in [0.05, 0.1) is 11.4 Å². The monoisotopic (exact) mass is 348 g/mol. The number of esters is 1. The van der Waals surface area contributed by atoms with Crippen LogP contribution in [-0.2, 0) is 16.1 Å². The van der Waals surface area contributed by atoms with E-state index in [1.54, 1.807) is 6.20 Å². The largest absolute Gasteiger partial charge is 0.458 e. The fraction of sp³-hybridized carbons (Fsp3) is 0.176. The lowest BCUT2D eigenvalue weighted by molar-refractivity contribution is -0.141. The fourth-order valence-corrected chi connectivity index (χ4v) is 2.90. The third-order valence-corrected chi connectivity index (χ3v) is 4.27. The molecule has 3 rings (SSSR count). The van der Waals surface area contributed by atoms with E-state index in [4.69, 9.17) is 4.74 Å². The molecule has 1 aromatic carbocycles. The van der Waals surface area contributed by atoms with Crippen molar-refractivity contribution >= 4 is 23.4 Å². The van der Waals surface area contributed by atoms with Crippen LogP contribution in [0.4, 0.5) is 8.78 Å². The van der Waals surface area contributed by atoms with Crippen LogP contribution in [0.1, 0.15) is 11.3 Å². The van der Waals surface area contributed by atoms with Gasteiger partial charge in [-0.3, -0.25) is 4.79 Å². The Bertz CT molecular complexity index is 895. The van der Waals surface area contributed by atoms with Gasteiger partial charge in [-0.2, -0.15) is 0 Å². The molecule has 0 spiro atoms. The normalized spacial score (nSPS) is 11.0. The summed E-state index contributed by atoms with van der Waals surface area (Å²) in [5.74, 6) is -1.73. The van der Waals surface area contributed by atoms with Crippen molar-refractivity contribution < 1.29 is 18.3 Å². The first kappa shape index (κ1) is 16.4. The zero-order chi connectivity index (χ0) is 17.1. The van der Waals surface area contributed by atoms with E-state index in [1.165, 1.54) is 0 Å².